The molecule has 130 valence electrons. The van der Waals surface area contributed by atoms with Crippen molar-refractivity contribution in [2.24, 2.45) is 0 Å². The van der Waals surface area contributed by atoms with Gasteiger partial charge in [-0.3, -0.25) is 0 Å². The first-order valence-electron chi connectivity index (χ1n) is 6.96. The van der Waals surface area contributed by atoms with Crippen molar-refractivity contribution in [1.29, 1.82) is 0 Å². The van der Waals surface area contributed by atoms with Crippen LogP contribution in [0.15, 0.2) is 54.7 Å². The normalized spacial score (nSPS) is 12.4. The zero-order valence-corrected chi connectivity index (χ0v) is 13.1. The van der Waals surface area contributed by atoms with Crippen LogP contribution in [0.1, 0.15) is 11.1 Å². The number of benzene rings is 2. The van der Waals surface area contributed by atoms with Gasteiger partial charge in [0.1, 0.15) is 5.01 Å². The highest BCUT2D eigenvalue weighted by atomic mass is 32.1. The Morgan fingerprint density at radius 1 is 0.760 bits per heavy atom. The zero-order valence-electron chi connectivity index (χ0n) is 12.3. The highest BCUT2D eigenvalue weighted by Gasteiger charge is 2.34. The Hall–Kier alpha value is -2.35. The van der Waals surface area contributed by atoms with Gasteiger partial charge in [-0.1, -0.05) is 30.3 Å². The molecule has 2 aromatic carbocycles. The number of alkyl halides is 6. The summed E-state index contributed by atoms with van der Waals surface area (Å²) in [5, 5.41) is 0.155. The first-order valence-corrected chi connectivity index (χ1v) is 7.78. The van der Waals surface area contributed by atoms with Crippen molar-refractivity contribution in [3.05, 3.63) is 65.9 Å². The maximum atomic E-state index is 13.1. The summed E-state index contributed by atoms with van der Waals surface area (Å²) in [7, 11) is 0. The molecule has 0 unspecified atom stereocenters. The Kier molecular flexibility index (Phi) is 4.32. The fraction of sp³-hybridized carbons (Fsp3) is 0.118. The molecular formula is C17H9F6NS. The topological polar surface area (TPSA) is 12.9 Å². The molecule has 0 amide bonds. The van der Waals surface area contributed by atoms with Gasteiger partial charge < -0.3 is 0 Å². The molecule has 0 saturated carbocycles. The van der Waals surface area contributed by atoms with E-state index in [1.165, 1.54) is 36.5 Å². The van der Waals surface area contributed by atoms with Crippen LogP contribution in [0.3, 0.4) is 0 Å². The second-order valence-corrected chi connectivity index (χ2v) is 6.18. The minimum atomic E-state index is -4.52. The van der Waals surface area contributed by atoms with E-state index in [2.05, 4.69) is 4.98 Å². The summed E-state index contributed by atoms with van der Waals surface area (Å²) in [5.41, 5.74) is -1.19. The minimum Gasteiger partial charge on any atom is -0.244 e. The summed E-state index contributed by atoms with van der Waals surface area (Å²) < 4.78 is 77.0. The van der Waals surface area contributed by atoms with Gasteiger partial charge in [-0.2, -0.15) is 26.3 Å². The number of hydrogen-bond acceptors (Lipinski definition) is 2. The Morgan fingerprint density at radius 2 is 1.40 bits per heavy atom. The van der Waals surface area contributed by atoms with Crippen LogP contribution in [0.25, 0.3) is 21.0 Å². The lowest BCUT2D eigenvalue weighted by Gasteiger charge is -2.10. The molecule has 0 radical (unpaired) electrons. The molecule has 0 bridgehead atoms. The second kappa shape index (κ2) is 6.18. The first kappa shape index (κ1) is 17.5. The van der Waals surface area contributed by atoms with Gasteiger partial charge in [0.25, 0.3) is 0 Å². The minimum absolute atomic E-state index is 0.0573. The molecule has 1 heterocycles. The predicted octanol–water partition coefficient (Wildman–Crippen LogP) is 6.51. The van der Waals surface area contributed by atoms with Crippen molar-refractivity contribution in [2.75, 3.05) is 0 Å². The molecule has 1 aromatic heterocycles. The molecule has 0 spiro atoms. The van der Waals surface area contributed by atoms with Crippen LogP contribution >= 0.6 is 11.3 Å². The van der Waals surface area contributed by atoms with Gasteiger partial charge in [0.2, 0.25) is 0 Å². The maximum absolute atomic E-state index is 13.1. The fourth-order valence-corrected chi connectivity index (χ4v) is 3.23. The molecule has 0 N–H and O–H groups in total. The van der Waals surface area contributed by atoms with Crippen molar-refractivity contribution in [2.45, 2.75) is 12.4 Å². The molecule has 3 aromatic rings. The Balaban J connectivity index is 1.97. The van der Waals surface area contributed by atoms with Gasteiger partial charge in [-0.15, -0.1) is 11.3 Å². The van der Waals surface area contributed by atoms with E-state index in [1.807, 2.05) is 0 Å². The van der Waals surface area contributed by atoms with E-state index in [-0.39, 0.29) is 10.6 Å². The van der Waals surface area contributed by atoms with E-state index in [1.54, 1.807) is 0 Å². The summed E-state index contributed by atoms with van der Waals surface area (Å²) in [4.78, 5) is 4.49. The van der Waals surface area contributed by atoms with Gasteiger partial charge >= 0.3 is 12.4 Å². The van der Waals surface area contributed by atoms with Crippen molar-refractivity contribution in [1.82, 2.24) is 4.98 Å². The molecule has 25 heavy (non-hydrogen) atoms. The van der Waals surface area contributed by atoms with E-state index in [0.29, 0.717) is 10.4 Å². The van der Waals surface area contributed by atoms with E-state index < -0.39 is 23.5 Å². The van der Waals surface area contributed by atoms with E-state index in [4.69, 9.17) is 0 Å². The van der Waals surface area contributed by atoms with Gasteiger partial charge in [0.05, 0.1) is 16.0 Å². The summed E-state index contributed by atoms with van der Waals surface area (Å²) in [5.74, 6) is 0. The quantitative estimate of drug-likeness (QED) is 0.466. The summed E-state index contributed by atoms with van der Waals surface area (Å²) in [6, 6.07) is 9.45. The molecule has 1 nitrogen and oxygen atoms in total. The van der Waals surface area contributed by atoms with E-state index in [0.717, 1.165) is 29.5 Å². The smallest absolute Gasteiger partial charge is 0.244 e. The predicted molar refractivity (Wildman–Crippen MR) is 83.0 cm³/mol. The third-order valence-corrected chi connectivity index (χ3v) is 4.55. The van der Waals surface area contributed by atoms with Crippen molar-refractivity contribution in [3.8, 4) is 21.0 Å². The lowest BCUT2D eigenvalue weighted by molar-refractivity contribution is -0.138. The molecule has 0 aliphatic heterocycles. The highest BCUT2D eigenvalue weighted by molar-refractivity contribution is 7.18. The molecule has 0 atom stereocenters. The third-order valence-electron chi connectivity index (χ3n) is 3.47. The standard InChI is InChI=1S/C17H9F6NS/c18-16(19,20)11-7-5-10(6-8-11)14-9-24-15(25-14)12-3-1-2-4-13(12)17(21,22)23/h1-9H. The lowest BCUT2D eigenvalue weighted by Crippen LogP contribution is -2.06. The van der Waals surface area contributed by atoms with Crippen LogP contribution in [0, 0.1) is 0 Å². The van der Waals surface area contributed by atoms with Crippen molar-refractivity contribution < 1.29 is 26.3 Å². The molecule has 0 aliphatic carbocycles. The van der Waals surface area contributed by atoms with E-state index >= 15 is 0 Å². The Morgan fingerprint density at radius 3 is 2.00 bits per heavy atom. The average molecular weight is 373 g/mol. The van der Waals surface area contributed by atoms with Crippen molar-refractivity contribution >= 4 is 11.3 Å². The second-order valence-electron chi connectivity index (χ2n) is 5.15. The monoisotopic (exact) mass is 373 g/mol. The number of hydrogen-bond donors (Lipinski definition) is 0. The maximum Gasteiger partial charge on any atom is 0.417 e. The average Bonchev–Trinajstić information content (AvgIpc) is 3.03. The SMILES string of the molecule is FC(F)(F)c1ccc(-c2cnc(-c3ccccc3C(F)(F)F)s2)cc1. The zero-order chi connectivity index (χ0) is 18.2. The summed E-state index contributed by atoms with van der Waals surface area (Å²) in [6.07, 6.45) is -7.60. The number of aromatic nitrogens is 1. The molecule has 0 saturated heterocycles. The molecule has 3 rings (SSSR count). The summed E-state index contributed by atoms with van der Waals surface area (Å²) in [6.45, 7) is 0. The van der Waals surface area contributed by atoms with Crippen LogP contribution < -0.4 is 0 Å². The first-order chi connectivity index (χ1) is 11.7. The molecular weight excluding hydrogens is 364 g/mol. The van der Waals surface area contributed by atoms with Crippen molar-refractivity contribution in [3.63, 3.8) is 0 Å². The molecule has 0 aliphatic rings. The van der Waals surface area contributed by atoms with Gasteiger partial charge in [-0.25, -0.2) is 4.98 Å². The summed E-state index contributed by atoms with van der Waals surface area (Å²) >= 11 is 0.990. The van der Waals surface area contributed by atoms with Gasteiger partial charge in [-0.05, 0) is 23.8 Å². The fourth-order valence-electron chi connectivity index (χ4n) is 2.27. The van der Waals surface area contributed by atoms with Gasteiger partial charge in [0.15, 0.2) is 0 Å². The van der Waals surface area contributed by atoms with Crippen LogP contribution in [-0.2, 0) is 12.4 Å². The lowest BCUT2D eigenvalue weighted by atomic mass is 10.1. The molecule has 0 fully saturated rings. The number of rotatable bonds is 2. The third kappa shape index (κ3) is 3.68. The highest BCUT2D eigenvalue weighted by Crippen LogP contribution is 2.40. The Labute approximate surface area is 142 Å². The molecule has 8 heteroatoms. The number of halogens is 6. The Bertz CT molecular complexity index is 877. The van der Waals surface area contributed by atoms with E-state index in [9.17, 15) is 26.3 Å². The largest absolute Gasteiger partial charge is 0.417 e. The van der Waals surface area contributed by atoms with Crippen LogP contribution in [0.5, 0.6) is 0 Å². The number of thiazole rings is 1. The van der Waals surface area contributed by atoms with Crippen LogP contribution in [0.2, 0.25) is 0 Å². The van der Waals surface area contributed by atoms with Crippen LogP contribution in [0.4, 0.5) is 26.3 Å². The van der Waals surface area contributed by atoms with Crippen LogP contribution in [-0.4, -0.2) is 4.98 Å². The van der Waals surface area contributed by atoms with Gasteiger partial charge in [0, 0.05) is 11.8 Å². The number of nitrogens with zero attached hydrogens (tertiary/aromatic N) is 1.